The lowest BCUT2D eigenvalue weighted by Gasteiger charge is -2.26. The Morgan fingerprint density at radius 2 is 1.90 bits per heavy atom. The molecule has 2 saturated heterocycles. The molecular formula is C15H25NO5. The lowest BCUT2D eigenvalue weighted by atomic mass is 9.94. The van der Waals surface area contributed by atoms with Crippen LogP contribution in [0.15, 0.2) is 0 Å². The van der Waals surface area contributed by atoms with Crippen LogP contribution in [0.25, 0.3) is 0 Å². The molecule has 2 aliphatic heterocycles. The SMILES string of the molecule is CCOC(=O)C1C(C)ON2C(C(=O)OC(C)(C)C)CCC12. The summed E-state index contributed by atoms with van der Waals surface area (Å²) in [6.45, 7) is 9.50. The van der Waals surface area contributed by atoms with Crippen molar-refractivity contribution in [3.8, 4) is 0 Å². The molecule has 0 spiro atoms. The number of nitrogens with zero attached hydrogens (tertiary/aromatic N) is 1. The highest BCUT2D eigenvalue weighted by molar-refractivity contribution is 5.78. The van der Waals surface area contributed by atoms with E-state index in [2.05, 4.69) is 0 Å². The Balaban J connectivity index is 2.06. The van der Waals surface area contributed by atoms with E-state index in [0.29, 0.717) is 13.0 Å². The predicted molar refractivity (Wildman–Crippen MR) is 75.2 cm³/mol. The van der Waals surface area contributed by atoms with Crippen molar-refractivity contribution in [2.75, 3.05) is 6.61 Å². The van der Waals surface area contributed by atoms with Crippen LogP contribution in [0.2, 0.25) is 0 Å². The van der Waals surface area contributed by atoms with Crippen LogP contribution in [0.4, 0.5) is 0 Å². The Labute approximate surface area is 125 Å². The Morgan fingerprint density at radius 3 is 2.48 bits per heavy atom. The number of rotatable bonds is 3. The average molecular weight is 299 g/mol. The van der Waals surface area contributed by atoms with Gasteiger partial charge in [-0.1, -0.05) is 0 Å². The third-order valence-electron chi connectivity index (χ3n) is 3.82. The molecule has 6 heteroatoms. The van der Waals surface area contributed by atoms with Crippen molar-refractivity contribution in [1.29, 1.82) is 0 Å². The minimum absolute atomic E-state index is 0.100. The third kappa shape index (κ3) is 3.37. The second-order valence-electron chi connectivity index (χ2n) is 6.64. The van der Waals surface area contributed by atoms with Gasteiger partial charge in [-0.25, -0.2) is 0 Å². The molecule has 0 aromatic heterocycles. The smallest absolute Gasteiger partial charge is 0.326 e. The lowest BCUT2D eigenvalue weighted by molar-refractivity contribution is -0.196. The zero-order valence-corrected chi connectivity index (χ0v) is 13.4. The first kappa shape index (κ1) is 16.2. The highest BCUT2D eigenvalue weighted by atomic mass is 16.7. The number of esters is 2. The van der Waals surface area contributed by atoms with E-state index in [1.165, 1.54) is 0 Å². The molecule has 0 amide bonds. The summed E-state index contributed by atoms with van der Waals surface area (Å²) >= 11 is 0. The van der Waals surface area contributed by atoms with Crippen molar-refractivity contribution >= 4 is 11.9 Å². The summed E-state index contributed by atoms with van der Waals surface area (Å²) in [4.78, 5) is 30.1. The van der Waals surface area contributed by atoms with Crippen LogP contribution in [-0.4, -0.2) is 47.4 Å². The fraction of sp³-hybridized carbons (Fsp3) is 0.867. The maximum Gasteiger partial charge on any atom is 0.326 e. The van der Waals surface area contributed by atoms with Crippen molar-refractivity contribution < 1.29 is 23.9 Å². The monoisotopic (exact) mass is 299 g/mol. The molecule has 21 heavy (non-hydrogen) atoms. The average Bonchev–Trinajstić information content (AvgIpc) is 2.83. The van der Waals surface area contributed by atoms with Gasteiger partial charge in [-0.05, 0) is 47.5 Å². The summed E-state index contributed by atoms with van der Waals surface area (Å²) in [7, 11) is 0. The number of hydroxylamine groups is 2. The van der Waals surface area contributed by atoms with Gasteiger partial charge >= 0.3 is 11.9 Å². The van der Waals surface area contributed by atoms with Crippen molar-refractivity contribution in [2.45, 2.75) is 71.2 Å². The Hall–Kier alpha value is -1.14. The normalized spacial score (nSPS) is 32.8. The second-order valence-corrected chi connectivity index (χ2v) is 6.64. The predicted octanol–water partition coefficient (Wildman–Crippen LogP) is 1.67. The van der Waals surface area contributed by atoms with E-state index in [0.717, 1.165) is 6.42 Å². The molecule has 2 aliphatic rings. The molecule has 0 aromatic carbocycles. The van der Waals surface area contributed by atoms with E-state index in [4.69, 9.17) is 14.3 Å². The Kier molecular flexibility index (Phi) is 4.58. The van der Waals surface area contributed by atoms with Crippen molar-refractivity contribution in [2.24, 2.45) is 5.92 Å². The minimum atomic E-state index is -0.527. The summed E-state index contributed by atoms with van der Waals surface area (Å²) in [6, 6.07) is -0.535. The van der Waals surface area contributed by atoms with Crippen LogP contribution in [0.5, 0.6) is 0 Å². The quantitative estimate of drug-likeness (QED) is 0.739. The van der Waals surface area contributed by atoms with Gasteiger partial charge in [-0.2, -0.15) is 5.06 Å². The molecule has 4 unspecified atom stereocenters. The van der Waals surface area contributed by atoms with Gasteiger partial charge in [-0.15, -0.1) is 0 Å². The summed E-state index contributed by atoms with van der Waals surface area (Å²) in [5.74, 6) is -0.874. The number of ether oxygens (including phenoxy) is 2. The van der Waals surface area contributed by atoms with Crippen LogP contribution in [-0.2, 0) is 23.9 Å². The van der Waals surface area contributed by atoms with Gasteiger partial charge in [-0.3, -0.25) is 14.4 Å². The fourth-order valence-electron chi connectivity index (χ4n) is 3.05. The molecule has 6 nitrogen and oxygen atoms in total. The van der Waals surface area contributed by atoms with E-state index in [9.17, 15) is 9.59 Å². The van der Waals surface area contributed by atoms with E-state index < -0.39 is 11.6 Å². The molecule has 4 atom stereocenters. The molecule has 0 saturated carbocycles. The first-order valence-corrected chi connectivity index (χ1v) is 7.59. The van der Waals surface area contributed by atoms with E-state index in [1.54, 1.807) is 12.0 Å². The Morgan fingerprint density at radius 1 is 1.24 bits per heavy atom. The number of carbonyl (C=O) groups is 2. The number of hydrogen-bond donors (Lipinski definition) is 0. The van der Waals surface area contributed by atoms with E-state index in [1.807, 2.05) is 27.7 Å². The van der Waals surface area contributed by atoms with Gasteiger partial charge in [0.15, 0.2) is 0 Å². The first-order valence-electron chi connectivity index (χ1n) is 7.59. The van der Waals surface area contributed by atoms with Crippen LogP contribution in [0.3, 0.4) is 0 Å². The second kappa shape index (κ2) is 5.93. The maximum atomic E-state index is 12.3. The van der Waals surface area contributed by atoms with Gasteiger partial charge in [0.25, 0.3) is 0 Å². The van der Waals surface area contributed by atoms with Crippen molar-refractivity contribution in [3.05, 3.63) is 0 Å². The van der Waals surface area contributed by atoms with Crippen LogP contribution in [0.1, 0.15) is 47.5 Å². The first-order chi connectivity index (χ1) is 9.74. The van der Waals surface area contributed by atoms with Gasteiger partial charge in [0.05, 0.1) is 18.8 Å². The third-order valence-corrected chi connectivity index (χ3v) is 3.82. The van der Waals surface area contributed by atoms with Gasteiger partial charge in [0.2, 0.25) is 0 Å². The van der Waals surface area contributed by atoms with E-state index in [-0.39, 0.29) is 30.0 Å². The zero-order valence-electron chi connectivity index (χ0n) is 13.4. The number of carbonyl (C=O) groups excluding carboxylic acids is 2. The molecule has 2 rings (SSSR count). The molecule has 120 valence electrons. The highest BCUT2D eigenvalue weighted by Gasteiger charge is 2.54. The number of fused-ring (bicyclic) bond motifs is 1. The molecule has 0 bridgehead atoms. The van der Waals surface area contributed by atoms with Crippen LogP contribution >= 0.6 is 0 Å². The molecule has 2 fully saturated rings. The van der Waals surface area contributed by atoms with Gasteiger partial charge < -0.3 is 9.47 Å². The van der Waals surface area contributed by atoms with Crippen LogP contribution in [0, 0.1) is 5.92 Å². The van der Waals surface area contributed by atoms with Crippen molar-refractivity contribution in [1.82, 2.24) is 5.06 Å². The lowest BCUT2D eigenvalue weighted by Crippen LogP contribution is -2.41. The summed E-state index contributed by atoms with van der Waals surface area (Å²) in [6.07, 6.45) is 1.10. The Bertz CT molecular complexity index is 417. The zero-order chi connectivity index (χ0) is 15.8. The minimum Gasteiger partial charge on any atom is -0.466 e. The topological polar surface area (TPSA) is 65.1 Å². The molecular weight excluding hydrogens is 274 g/mol. The number of hydrogen-bond acceptors (Lipinski definition) is 6. The van der Waals surface area contributed by atoms with Crippen LogP contribution < -0.4 is 0 Å². The maximum absolute atomic E-state index is 12.3. The highest BCUT2D eigenvalue weighted by Crippen LogP contribution is 2.39. The molecule has 0 N–H and O–H groups in total. The van der Waals surface area contributed by atoms with E-state index >= 15 is 0 Å². The van der Waals surface area contributed by atoms with Gasteiger partial charge in [0, 0.05) is 0 Å². The summed E-state index contributed by atoms with van der Waals surface area (Å²) in [5.41, 5.74) is -0.527. The summed E-state index contributed by atoms with van der Waals surface area (Å²) < 4.78 is 10.6. The molecule has 0 aromatic rings. The van der Waals surface area contributed by atoms with Gasteiger partial charge in [0.1, 0.15) is 17.6 Å². The van der Waals surface area contributed by atoms with Crippen molar-refractivity contribution in [3.63, 3.8) is 0 Å². The molecule has 0 radical (unpaired) electrons. The molecule has 0 aliphatic carbocycles. The molecule has 2 heterocycles. The largest absolute Gasteiger partial charge is 0.466 e. The summed E-state index contributed by atoms with van der Waals surface area (Å²) in [5, 5.41) is 1.65. The standard InChI is InChI=1S/C15H25NO5/c1-6-19-14(18)12-9(2)21-16-10(12)7-8-11(16)13(17)20-15(3,4)5/h9-12H,6-8H2,1-5H3. The fourth-order valence-corrected chi connectivity index (χ4v) is 3.05.